The number of alkyl halides is 3. The molecule has 0 aliphatic rings. The maximum atomic E-state index is 14.6. The lowest BCUT2D eigenvalue weighted by molar-refractivity contribution is 0.0490. The first-order chi connectivity index (χ1) is 47.5. The smallest absolute Gasteiger partial charge is 0.357 e. The lowest BCUT2D eigenvalue weighted by Gasteiger charge is -2.14. The number of ether oxygens (including phenoxy) is 8. The van der Waals surface area contributed by atoms with E-state index < -0.39 is 59.5 Å². The van der Waals surface area contributed by atoms with Crippen LogP contribution in [0.3, 0.4) is 0 Å². The molecular weight excluding hydrogens is 1500 g/mol. The van der Waals surface area contributed by atoms with Gasteiger partial charge in [-0.25, -0.2) is 85.4 Å². The fourth-order valence-electron chi connectivity index (χ4n) is 8.57. The number of esters is 4. The van der Waals surface area contributed by atoms with Crippen molar-refractivity contribution in [2.75, 3.05) is 90.9 Å². The molecule has 8 N–H and O–H groups in total. The number of carbonyl (C=O) groups is 4. The van der Waals surface area contributed by atoms with Crippen molar-refractivity contribution in [2.45, 2.75) is 39.0 Å². The van der Waals surface area contributed by atoms with Gasteiger partial charge >= 0.3 is 23.9 Å². The summed E-state index contributed by atoms with van der Waals surface area (Å²) < 4.78 is 125. The molecule has 4 aromatic heterocycles. The van der Waals surface area contributed by atoms with Crippen LogP contribution in [0, 0.1) is 23.3 Å². The highest BCUT2D eigenvalue weighted by atomic mass is 79.9. The Morgan fingerprint density at radius 3 is 1.16 bits per heavy atom. The molecule has 4 heterocycles. The Morgan fingerprint density at radius 1 is 0.520 bits per heavy atom. The average Bonchev–Trinajstić information content (AvgIpc) is 0.800. The van der Waals surface area contributed by atoms with Crippen LogP contribution >= 0.6 is 74.1 Å². The van der Waals surface area contributed by atoms with Crippen molar-refractivity contribution in [3.05, 3.63) is 149 Å². The molecule has 0 spiro atoms. The zero-order chi connectivity index (χ0) is 74.6. The van der Waals surface area contributed by atoms with E-state index in [0.29, 0.717) is 12.0 Å². The van der Waals surface area contributed by atoms with Gasteiger partial charge < -0.3 is 60.8 Å². The van der Waals surface area contributed by atoms with Crippen LogP contribution in [0.4, 0.5) is 49.6 Å². The van der Waals surface area contributed by atoms with Gasteiger partial charge in [0.25, 0.3) is 0 Å². The molecule has 8 aromatic rings. The Bertz CT molecular complexity index is 4410. The van der Waals surface area contributed by atoms with Crippen molar-refractivity contribution in [1.82, 2.24) is 39.9 Å². The third-order valence-electron chi connectivity index (χ3n) is 13.4. The highest BCUT2D eigenvalue weighted by Crippen LogP contribution is 2.40. The van der Waals surface area contributed by atoms with Gasteiger partial charge in [0, 0.05) is 10.9 Å². The van der Waals surface area contributed by atoms with Crippen LogP contribution in [-0.4, -0.2) is 132 Å². The number of benzene rings is 4. The first-order valence-corrected chi connectivity index (χ1v) is 32.3. The van der Waals surface area contributed by atoms with Crippen LogP contribution in [0.5, 0.6) is 23.0 Å². The monoisotopic (exact) mass is 1550 g/mol. The molecule has 532 valence electrons. The summed E-state index contributed by atoms with van der Waals surface area (Å²) in [5.74, 6) is -8.30. The number of rotatable bonds is 21. The average molecular weight is 1560 g/mol. The number of nitrogens with two attached hydrogens (primary N) is 4. The van der Waals surface area contributed by atoms with Gasteiger partial charge in [0.2, 0.25) is 0 Å². The molecule has 0 saturated carbocycles. The molecule has 2 atom stereocenters. The number of nitrogen functional groups attached to an aromatic ring is 4. The van der Waals surface area contributed by atoms with Crippen LogP contribution in [-0.2, 0) is 18.9 Å². The summed E-state index contributed by atoms with van der Waals surface area (Å²) in [5, 5.41) is 1.88. The molecule has 0 aliphatic heterocycles. The van der Waals surface area contributed by atoms with Gasteiger partial charge in [0.15, 0.2) is 92.3 Å². The summed E-state index contributed by atoms with van der Waals surface area (Å²) in [6.07, 6.45) is 3.11. The van der Waals surface area contributed by atoms with E-state index in [9.17, 15) is 45.5 Å². The standard InChI is InChI=1S/C18H19ClFN3O3.C16H15ClFN3O3S.C15H13BrClF2N3O3.C15H14ClF2N3O3/c1-4-6-9-26-18(24)14-10(5-2)16(21)23-17(22-14)11-7-8-12(19)15(25-3)13(11)20;1-23-13-10(17)5-4-8(11(13)18)15-20-12(16(22)24-2)9(6-7-25-3)14(19)21-15;1-24-12-7(17)4-3-6(10(12)19)14-21-11(15(23)25-2)9(8(18)5-16)13(20)22-14;1-6(17)9-11(15(22)24-3)20-14(21-13(9)19)7-4-5-8(16)12(23-2)10(7)18/h5,7-8H,2,4,6,9H2,1,3H3,(H2,21,22,23);4-7H,1-3H3,(H2,19,20,21);3-4,8H,5H2,1-2H3,(H2,20,21,22);4-6H,1-3H3,(H2,19,20,21)/b;7-6+;;. The maximum Gasteiger partial charge on any atom is 0.357 e. The second kappa shape index (κ2) is 37.6. The minimum atomic E-state index is -1.65. The number of aromatic nitrogens is 8. The molecule has 8 rings (SSSR count). The van der Waals surface area contributed by atoms with E-state index in [4.69, 9.17) is 97.8 Å². The molecule has 36 heteroatoms. The lowest BCUT2D eigenvalue weighted by Crippen LogP contribution is -2.16. The first-order valence-electron chi connectivity index (χ1n) is 28.4. The molecule has 0 fully saturated rings. The quantitative estimate of drug-likeness (QED) is 0.0171. The van der Waals surface area contributed by atoms with Gasteiger partial charge in [0.05, 0.1) is 115 Å². The second-order valence-corrected chi connectivity index (χ2v) is 22.5. The van der Waals surface area contributed by atoms with Crippen LogP contribution in [0.1, 0.15) is 103 Å². The van der Waals surface area contributed by atoms with Crippen LogP contribution in [0.25, 0.3) is 57.7 Å². The molecule has 2 unspecified atom stereocenters. The number of anilines is 4. The number of halogens is 11. The van der Waals surface area contributed by atoms with E-state index in [-0.39, 0.29) is 163 Å². The van der Waals surface area contributed by atoms with E-state index in [1.807, 2.05) is 13.2 Å². The summed E-state index contributed by atoms with van der Waals surface area (Å²) in [6.45, 7) is 7.00. The predicted molar refractivity (Wildman–Crippen MR) is 373 cm³/mol. The Hall–Kier alpha value is -9.47. The summed E-state index contributed by atoms with van der Waals surface area (Å²) in [5.41, 5.74) is 22.3. The van der Waals surface area contributed by atoms with Gasteiger partial charge in [-0.05, 0) is 79.6 Å². The molecule has 0 aliphatic carbocycles. The van der Waals surface area contributed by atoms with Gasteiger partial charge in [-0.15, -0.1) is 11.8 Å². The molecular formula is C64H61BrCl4F6N12O12S. The van der Waals surface area contributed by atoms with E-state index in [1.54, 1.807) is 11.5 Å². The molecule has 4 aromatic carbocycles. The highest BCUT2D eigenvalue weighted by Gasteiger charge is 2.30. The predicted octanol–water partition coefficient (Wildman–Crippen LogP) is 14.8. The number of unbranched alkanes of at least 4 members (excludes halogenated alkanes) is 1. The number of hydrogen-bond donors (Lipinski definition) is 4. The number of nitrogens with zero attached hydrogens (tertiary/aromatic N) is 8. The molecule has 0 bridgehead atoms. The zero-order valence-electron chi connectivity index (χ0n) is 54.4. The maximum absolute atomic E-state index is 14.6. The topological polar surface area (TPSA) is 349 Å². The number of carbonyl (C=O) groups excluding carboxylic acids is 4. The van der Waals surface area contributed by atoms with Gasteiger partial charge in [-0.2, -0.15) is 0 Å². The van der Waals surface area contributed by atoms with E-state index in [1.165, 1.54) is 109 Å². The van der Waals surface area contributed by atoms with Crippen LogP contribution in [0.2, 0.25) is 20.1 Å². The first kappa shape index (κ1) is 81.2. The second-order valence-electron chi connectivity index (χ2n) is 19.5. The minimum absolute atomic E-state index is 0.00139. The third-order valence-corrected chi connectivity index (χ3v) is 15.5. The summed E-state index contributed by atoms with van der Waals surface area (Å²) in [4.78, 5) is 80.3. The van der Waals surface area contributed by atoms with Crippen molar-refractivity contribution in [1.29, 1.82) is 0 Å². The zero-order valence-corrected chi connectivity index (χ0v) is 59.8. The Kier molecular flexibility index (Phi) is 30.6. The number of methoxy groups -OCH3 is 7. The third kappa shape index (κ3) is 18.9. The molecule has 24 nitrogen and oxygen atoms in total. The largest absolute Gasteiger partial charge is 0.492 e. The van der Waals surface area contributed by atoms with Crippen molar-refractivity contribution < 1.29 is 83.4 Å². The molecule has 100 heavy (non-hydrogen) atoms. The van der Waals surface area contributed by atoms with Gasteiger partial charge in [-0.3, -0.25) is 0 Å². The summed E-state index contributed by atoms with van der Waals surface area (Å²) >= 11 is 27.9. The van der Waals surface area contributed by atoms with Crippen LogP contribution in [0.15, 0.2) is 60.5 Å². The SMILES string of the molecule is C=Cc1c(N)nc(-c2ccc(Cl)c(OC)c2F)nc1C(=O)OCCCC.COC(=O)c1nc(-c2ccc(Cl)c(OC)c2F)nc(N)c1/C=C/SC.COC(=O)c1nc(-c2ccc(Cl)c(OC)c2F)nc(N)c1C(C)F.COC(=O)c1nc(-c2ccc(Cl)c(OC)c2F)nc(N)c1C(F)CBr. The minimum Gasteiger partial charge on any atom is -0.492 e. The Morgan fingerprint density at radius 2 is 0.840 bits per heavy atom. The highest BCUT2D eigenvalue weighted by molar-refractivity contribution is 9.09. The van der Waals surface area contributed by atoms with Crippen molar-refractivity contribution in [2.24, 2.45) is 0 Å². The van der Waals surface area contributed by atoms with Crippen molar-refractivity contribution in [3.63, 3.8) is 0 Å². The Labute approximate surface area is 600 Å². The normalized spacial score (nSPS) is 11.3. The van der Waals surface area contributed by atoms with Crippen molar-refractivity contribution >= 4 is 133 Å². The molecule has 0 amide bonds. The van der Waals surface area contributed by atoms with Gasteiger partial charge in [-0.1, -0.05) is 88.3 Å². The molecule has 0 radical (unpaired) electrons. The lowest BCUT2D eigenvalue weighted by atomic mass is 10.1. The number of thioether (sulfide) groups is 1. The van der Waals surface area contributed by atoms with E-state index >= 15 is 0 Å². The van der Waals surface area contributed by atoms with Crippen LogP contribution < -0.4 is 41.9 Å². The van der Waals surface area contributed by atoms with Crippen molar-refractivity contribution in [3.8, 4) is 68.5 Å². The van der Waals surface area contributed by atoms with Gasteiger partial charge in [0.1, 0.15) is 35.6 Å². The number of hydrogen-bond acceptors (Lipinski definition) is 25. The van der Waals surface area contributed by atoms with E-state index in [0.717, 1.165) is 20.6 Å². The molecule has 0 saturated heterocycles. The fraction of sp³-hybridized carbons (Fsp3) is 0.250. The van der Waals surface area contributed by atoms with E-state index in [2.05, 4.69) is 71.9 Å². The summed E-state index contributed by atoms with van der Waals surface area (Å²) in [6, 6.07) is 11.0. The fourth-order valence-corrected chi connectivity index (χ4v) is 10.1. The summed E-state index contributed by atoms with van der Waals surface area (Å²) in [7, 11) is 8.51. The Balaban J connectivity index is 0.000000240.